The van der Waals surface area contributed by atoms with Crippen molar-refractivity contribution >= 4 is 17.5 Å². The number of hydrogen-bond acceptors (Lipinski definition) is 2. The highest BCUT2D eigenvalue weighted by Gasteiger charge is 2.26. The zero-order chi connectivity index (χ0) is 12.1. The summed E-state index contributed by atoms with van der Waals surface area (Å²) in [5, 5.41) is 0. The summed E-state index contributed by atoms with van der Waals surface area (Å²) >= 11 is 5.66. The molecule has 0 aliphatic heterocycles. The fourth-order valence-electron chi connectivity index (χ4n) is 2.43. The van der Waals surface area contributed by atoms with E-state index in [0.717, 1.165) is 18.6 Å². The normalized spacial score (nSPS) is 16.3. The van der Waals surface area contributed by atoms with Crippen LogP contribution in [-0.2, 0) is 11.3 Å². The average molecular weight is 256 g/mol. The molecular formula is C13H18ClNO2. The molecule has 0 saturated heterocycles. The van der Waals surface area contributed by atoms with Crippen LogP contribution < -0.4 is 0 Å². The van der Waals surface area contributed by atoms with E-state index in [1.807, 2.05) is 17.0 Å². The Labute approximate surface area is 107 Å². The molecule has 0 atom stereocenters. The largest absolute Gasteiger partial charge is 0.467 e. The predicted octanol–water partition coefficient (Wildman–Crippen LogP) is 3.18. The quantitative estimate of drug-likeness (QED) is 0.757. The van der Waals surface area contributed by atoms with Crippen LogP contribution in [0.15, 0.2) is 22.8 Å². The summed E-state index contributed by atoms with van der Waals surface area (Å²) in [7, 11) is 0. The van der Waals surface area contributed by atoms with Crippen molar-refractivity contribution in [2.75, 3.05) is 5.88 Å². The summed E-state index contributed by atoms with van der Waals surface area (Å²) in [5.41, 5.74) is 0. The molecule has 1 fully saturated rings. The summed E-state index contributed by atoms with van der Waals surface area (Å²) in [6, 6.07) is 4.14. The van der Waals surface area contributed by atoms with Crippen LogP contribution in [0.1, 0.15) is 37.9 Å². The maximum absolute atomic E-state index is 12.1. The van der Waals surface area contributed by atoms with Crippen molar-refractivity contribution in [1.29, 1.82) is 0 Å². The molecule has 1 aromatic heterocycles. The van der Waals surface area contributed by atoms with Gasteiger partial charge in [0.05, 0.1) is 12.8 Å². The van der Waals surface area contributed by atoms with Crippen molar-refractivity contribution < 1.29 is 9.21 Å². The van der Waals surface area contributed by atoms with Crippen LogP contribution in [-0.4, -0.2) is 22.7 Å². The van der Waals surface area contributed by atoms with Crippen LogP contribution in [0, 0.1) is 0 Å². The Bertz CT molecular complexity index is 344. The smallest absolute Gasteiger partial charge is 0.224 e. The molecule has 1 saturated carbocycles. The SMILES string of the molecule is O=C(CCCl)N(Cc1ccco1)C1CCCC1. The van der Waals surface area contributed by atoms with Crippen molar-refractivity contribution in [2.45, 2.75) is 44.7 Å². The van der Waals surface area contributed by atoms with Gasteiger partial charge in [0.1, 0.15) is 5.76 Å². The number of carbonyl (C=O) groups excluding carboxylic acids is 1. The van der Waals surface area contributed by atoms with Gasteiger partial charge in [0.2, 0.25) is 5.91 Å². The Balaban J connectivity index is 2.03. The zero-order valence-corrected chi connectivity index (χ0v) is 10.7. The molecule has 1 heterocycles. The third kappa shape index (κ3) is 3.25. The number of rotatable bonds is 5. The van der Waals surface area contributed by atoms with Gasteiger partial charge in [-0.1, -0.05) is 12.8 Å². The number of carbonyl (C=O) groups is 1. The Morgan fingerprint density at radius 2 is 2.24 bits per heavy atom. The summed E-state index contributed by atoms with van der Waals surface area (Å²) in [6.45, 7) is 0.577. The molecule has 1 aliphatic rings. The summed E-state index contributed by atoms with van der Waals surface area (Å²) in [6.07, 6.45) is 6.71. The van der Waals surface area contributed by atoms with Crippen LogP contribution in [0.4, 0.5) is 0 Å². The molecule has 0 radical (unpaired) electrons. The molecule has 0 bridgehead atoms. The minimum atomic E-state index is 0.142. The lowest BCUT2D eigenvalue weighted by molar-refractivity contribution is -0.134. The molecule has 17 heavy (non-hydrogen) atoms. The molecule has 0 unspecified atom stereocenters. The molecule has 1 aromatic rings. The number of furan rings is 1. The van der Waals surface area contributed by atoms with Gasteiger partial charge in [-0.2, -0.15) is 0 Å². The molecule has 94 valence electrons. The van der Waals surface area contributed by atoms with Gasteiger partial charge in [-0.25, -0.2) is 0 Å². The lowest BCUT2D eigenvalue weighted by Crippen LogP contribution is -2.38. The minimum Gasteiger partial charge on any atom is -0.467 e. The highest BCUT2D eigenvalue weighted by molar-refractivity contribution is 6.18. The fourth-order valence-corrected chi connectivity index (χ4v) is 2.59. The van der Waals surface area contributed by atoms with Crippen LogP contribution in [0.2, 0.25) is 0 Å². The number of hydrogen-bond donors (Lipinski definition) is 0. The summed E-state index contributed by atoms with van der Waals surface area (Å²) < 4.78 is 5.32. The van der Waals surface area contributed by atoms with E-state index in [9.17, 15) is 4.79 Å². The van der Waals surface area contributed by atoms with Gasteiger partial charge in [-0.3, -0.25) is 4.79 Å². The van der Waals surface area contributed by atoms with E-state index < -0.39 is 0 Å². The first-order chi connectivity index (χ1) is 8.31. The fraction of sp³-hybridized carbons (Fsp3) is 0.615. The first-order valence-corrected chi connectivity index (χ1v) is 6.72. The van der Waals surface area contributed by atoms with Crippen molar-refractivity contribution in [3.63, 3.8) is 0 Å². The van der Waals surface area contributed by atoms with Crippen LogP contribution in [0.5, 0.6) is 0 Å². The first kappa shape index (κ1) is 12.5. The summed E-state index contributed by atoms with van der Waals surface area (Å²) in [5.74, 6) is 1.38. The van der Waals surface area contributed by atoms with Crippen molar-refractivity contribution in [3.05, 3.63) is 24.2 Å². The minimum absolute atomic E-state index is 0.142. The van der Waals surface area contributed by atoms with Gasteiger partial charge in [-0.05, 0) is 25.0 Å². The third-order valence-electron chi connectivity index (χ3n) is 3.30. The van der Waals surface area contributed by atoms with Gasteiger partial charge in [0, 0.05) is 18.3 Å². The highest BCUT2D eigenvalue weighted by atomic mass is 35.5. The van der Waals surface area contributed by atoms with Gasteiger partial charge >= 0.3 is 0 Å². The third-order valence-corrected chi connectivity index (χ3v) is 3.49. The van der Waals surface area contributed by atoms with E-state index in [4.69, 9.17) is 16.0 Å². The Kier molecular flexibility index (Phi) is 4.49. The molecule has 1 amide bonds. The molecule has 3 nitrogen and oxygen atoms in total. The second kappa shape index (κ2) is 6.10. The Morgan fingerprint density at radius 3 is 2.82 bits per heavy atom. The first-order valence-electron chi connectivity index (χ1n) is 6.19. The van der Waals surface area contributed by atoms with Gasteiger partial charge < -0.3 is 9.32 Å². The molecule has 2 rings (SSSR count). The molecular weight excluding hydrogens is 238 g/mol. The second-order valence-corrected chi connectivity index (χ2v) is 4.86. The number of nitrogens with zero attached hydrogens (tertiary/aromatic N) is 1. The average Bonchev–Trinajstić information content (AvgIpc) is 2.99. The molecule has 4 heteroatoms. The maximum atomic E-state index is 12.1. The zero-order valence-electron chi connectivity index (χ0n) is 9.90. The van der Waals surface area contributed by atoms with Gasteiger partial charge in [0.25, 0.3) is 0 Å². The molecule has 0 aromatic carbocycles. The topological polar surface area (TPSA) is 33.5 Å². The van der Waals surface area contributed by atoms with E-state index in [2.05, 4.69) is 0 Å². The van der Waals surface area contributed by atoms with Crippen molar-refractivity contribution in [3.8, 4) is 0 Å². The van der Waals surface area contributed by atoms with Crippen LogP contribution in [0.3, 0.4) is 0 Å². The lowest BCUT2D eigenvalue weighted by Gasteiger charge is -2.28. The second-order valence-electron chi connectivity index (χ2n) is 4.48. The Hall–Kier alpha value is -0.960. The lowest BCUT2D eigenvalue weighted by atomic mass is 10.2. The number of alkyl halides is 1. The van der Waals surface area contributed by atoms with Gasteiger partial charge in [0.15, 0.2) is 0 Å². The van der Waals surface area contributed by atoms with Crippen molar-refractivity contribution in [2.24, 2.45) is 0 Å². The van der Waals surface area contributed by atoms with E-state index >= 15 is 0 Å². The predicted molar refractivity (Wildman–Crippen MR) is 66.9 cm³/mol. The monoisotopic (exact) mass is 255 g/mol. The van der Waals surface area contributed by atoms with Crippen LogP contribution >= 0.6 is 11.6 Å². The number of amides is 1. The van der Waals surface area contributed by atoms with E-state index in [-0.39, 0.29) is 5.91 Å². The number of halogens is 1. The maximum Gasteiger partial charge on any atom is 0.224 e. The van der Waals surface area contributed by atoms with E-state index in [0.29, 0.717) is 24.9 Å². The molecule has 1 aliphatic carbocycles. The van der Waals surface area contributed by atoms with Crippen molar-refractivity contribution in [1.82, 2.24) is 4.90 Å². The Morgan fingerprint density at radius 1 is 1.47 bits per heavy atom. The van der Waals surface area contributed by atoms with E-state index in [1.165, 1.54) is 12.8 Å². The molecule has 0 spiro atoms. The molecule has 0 N–H and O–H groups in total. The highest BCUT2D eigenvalue weighted by Crippen LogP contribution is 2.25. The van der Waals surface area contributed by atoms with E-state index in [1.54, 1.807) is 6.26 Å². The van der Waals surface area contributed by atoms with Crippen LogP contribution in [0.25, 0.3) is 0 Å². The summed E-state index contributed by atoms with van der Waals surface area (Å²) in [4.78, 5) is 14.0. The van der Waals surface area contributed by atoms with Gasteiger partial charge in [-0.15, -0.1) is 11.6 Å². The standard InChI is InChI=1S/C13H18ClNO2/c14-8-7-13(16)15(11-4-1-2-5-11)10-12-6-3-9-17-12/h3,6,9,11H,1-2,4-5,7-8,10H2.